The molecule has 0 bridgehead atoms. The average molecular weight is 201 g/mol. The largest absolute Gasteiger partial charge is 0.346 e. The van der Waals surface area contributed by atoms with Gasteiger partial charge in [0.2, 0.25) is 0 Å². The molecule has 0 aliphatic rings. The fourth-order valence-electron chi connectivity index (χ4n) is 1.46. The highest BCUT2D eigenvalue weighted by atomic mass is 14.8. The Kier molecular flexibility index (Phi) is 2.83. The van der Waals surface area contributed by atoms with Gasteiger partial charge < -0.3 is 10.3 Å². The molecule has 1 unspecified atom stereocenters. The third-order valence-corrected chi connectivity index (χ3v) is 2.50. The number of aromatic amines is 1. The van der Waals surface area contributed by atoms with Crippen molar-refractivity contribution >= 4 is 17.1 Å². The molecule has 0 saturated heterocycles. The van der Waals surface area contributed by atoms with Crippen molar-refractivity contribution in [2.24, 2.45) is 0 Å². The van der Waals surface area contributed by atoms with E-state index in [1.807, 2.05) is 19.3 Å². The molecule has 0 aliphatic carbocycles. The molecule has 2 aromatic heterocycles. The average Bonchev–Trinajstić information content (AvgIpc) is 2.69. The summed E-state index contributed by atoms with van der Waals surface area (Å²) in [6.07, 6.45) is 8.02. The summed E-state index contributed by atoms with van der Waals surface area (Å²) < 4.78 is 0. The lowest BCUT2D eigenvalue weighted by Gasteiger charge is -2.01. The molecule has 2 N–H and O–H groups in total. The Morgan fingerprint density at radius 1 is 1.53 bits per heavy atom. The van der Waals surface area contributed by atoms with E-state index in [1.54, 1.807) is 6.20 Å². The molecule has 2 aromatic rings. The Morgan fingerprint density at radius 3 is 3.20 bits per heavy atom. The van der Waals surface area contributed by atoms with Gasteiger partial charge in [0, 0.05) is 29.4 Å². The van der Waals surface area contributed by atoms with Crippen molar-refractivity contribution in [1.82, 2.24) is 15.3 Å². The number of pyridine rings is 1. The molecule has 0 radical (unpaired) electrons. The zero-order chi connectivity index (χ0) is 10.7. The van der Waals surface area contributed by atoms with Crippen LogP contribution in [0.5, 0.6) is 0 Å². The van der Waals surface area contributed by atoms with Gasteiger partial charge in [-0.25, -0.2) is 4.98 Å². The number of rotatable bonds is 3. The van der Waals surface area contributed by atoms with Gasteiger partial charge in [-0.3, -0.25) is 0 Å². The van der Waals surface area contributed by atoms with Crippen molar-refractivity contribution in [3.05, 3.63) is 36.2 Å². The molecule has 0 amide bonds. The van der Waals surface area contributed by atoms with Crippen LogP contribution in [-0.4, -0.2) is 23.1 Å². The Hall–Kier alpha value is -1.61. The van der Waals surface area contributed by atoms with Gasteiger partial charge in [-0.15, -0.1) is 0 Å². The number of nitrogens with zero attached hydrogens (tertiary/aromatic N) is 1. The van der Waals surface area contributed by atoms with Gasteiger partial charge in [0.25, 0.3) is 0 Å². The van der Waals surface area contributed by atoms with Gasteiger partial charge in [-0.05, 0) is 26.1 Å². The van der Waals surface area contributed by atoms with Crippen LogP contribution in [0.25, 0.3) is 17.1 Å². The molecule has 15 heavy (non-hydrogen) atoms. The number of hydrogen-bond donors (Lipinski definition) is 2. The van der Waals surface area contributed by atoms with E-state index < -0.39 is 0 Å². The third kappa shape index (κ3) is 2.07. The molecule has 0 aromatic carbocycles. The van der Waals surface area contributed by atoms with Gasteiger partial charge in [-0.1, -0.05) is 12.2 Å². The van der Waals surface area contributed by atoms with Crippen molar-refractivity contribution in [2.75, 3.05) is 7.05 Å². The molecule has 1 atom stereocenters. The van der Waals surface area contributed by atoms with Crippen LogP contribution in [0.2, 0.25) is 0 Å². The first-order chi connectivity index (χ1) is 7.31. The highest BCUT2D eigenvalue weighted by Crippen LogP contribution is 2.16. The maximum absolute atomic E-state index is 4.24. The first kappa shape index (κ1) is 9.93. The summed E-state index contributed by atoms with van der Waals surface area (Å²) in [7, 11) is 1.95. The molecular weight excluding hydrogens is 186 g/mol. The summed E-state index contributed by atoms with van der Waals surface area (Å²) in [5.41, 5.74) is 2.12. The van der Waals surface area contributed by atoms with Crippen LogP contribution >= 0.6 is 0 Å². The van der Waals surface area contributed by atoms with Crippen LogP contribution in [0, 0.1) is 0 Å². The smallest absolute Gasteiger partial charge is 0.137 e. The summed E-state index contributed by atoms with van der Waals surface area (Å²) in [5, 5.41) is 4.33. The van der Waals surface area contributed by atoms with Crippen molar-refractivity contribution in [1.29, 1.82) is 0 Å². The molecule has 0 aliphatic heterocycles. The fourth-order valence-corrected chi connectivity index (χ4v) is 1.46. The normalized spacial score (nSPS) is 13.7. The van der Waals surface area contributed by atoms with E-state index in [1.165, 1.54) is 5.56 Å². The maximum atomic E-state index is 4.24. The van der Waals surface area contributed by atoms with Gasteiger partial charge in [-0.2, -0.15) is 0 Å². The molecule has 0 spiro atoms. The number of H-pyrrole nitrogens is 1. The van der Waals surface area contributed by atoms with Crippen molar-refractivity contribution in [3.63, 3.8) is 0 Å². The van der Waals surface area contributed by atoms with Crippen LogP contribution in [0.15, 0.2) is 30.6 Å². The van der Waals surface area contributed by atoms with E-state index in [0.717, 1.165) is 11.0 Å². The topological polar surface area (TPSA) is 40.7 Å². The molecule has 3 nitrogen and oxygen atoms in total. The predicted octanol–water partition coefficient (Wildman–Crippen LogP) is 2.18. The summed E-state index contributed by atoms with van der Waals surface area (Å²) >= 11 is 0. The Bertz CT molecular complexity index is 470. The lowest BCUT2D eigenvalue weighted by Crippen LogP contribution is -2.17. The van der Waals surface area contributed by atoms with Gasteiger partial charge in [0.05, 0.1) is 0 Å². The second-order valence-corrected chi connectivity index (χ2v) is 3.58. The molecule has 78 valence electrons. The Balaban J connectivity index is 2.32. The monoisotopic (exact) mass is 201 g/mol. The van der Waals surface area contributed by atoms with E-state index in [9.17, 15) is 0 Å². The third-order valence-electron chi connectivity index (χ3n) is 2.50. The first-order valence-electron chi connectivity index (χ1n) is 5.09. The number of aromatic nitrogens is 2. The highest BCUT2D eigenvalue weighted by molar-refractivity contribution is 5.86. The first-order valence-corrected chi connectivity index (χ1v) is 5.09. The van der Waals surface area contributed by atoms with Gasteiger partial charge in [0.15, 0.2) is 0 Å². The number of fused-ring (bicyclic) bond motifs is 1. The van der Waals surface area contributed by atoms with Crippen LogP contribution in [0.1, 0.15) is 12.5 Å². The van der Waals surface area contributed by atoms with Crippen LogP contribution < -0.4 is 5.32 Å². The lowest BCUT2D eigenvalue weighted by molar-refractivity contribution is 0.731. The zero-order valence-corrected chi connectivity index (χ0v) is 8.99. The van der Waals surface area contributed by atoms with Crippen LogP contribution in [0.3, 0.4) is 0 Å². The van der Waals surface area contributed by atoms with Crippen LogP contribution in [0.4, 0.5) is 0 Å². The highest BCUT2D eigenvalue weighted by Gasteiger charge is 2.00. The van der Waals surface area contributed by atoms with Crippen molar-refractivity contribution < 1.29 is 0 Å². The summed E-state index contributed by atoms with van der Waals surface area (Å²) in [4.78, 5) is 7.39. The van der Waals surface area contributed by atoms with Crippen molar-refractivity contribution in [2.45, 2.75) is 13.0 Å². The van der Waals surface area contributed by atoms with E-state index in [-0.39, 0.29) is 0 Å². The SMILES string of the molecule is CNC(C)/C=C/c1c[nH]c2ncccc12. The number of hydrogen-bond acceptors (Lipinski definition) is 2. The van der Waals surface area contributed by atoms with Gasteiger partial charge in [0.1, 0.15) is 5.65 Å². The molecule has 3 heteroatoms. The quantitative estimate of drug-likeness (QED) is 0.799. The van der Waals surface area contributed by atoms with E-state index in [2.05, 4.69) is 40.4 Å². The van der Waals surface area contributed by atoms with Crippen LogP contribution in [-0.2, 0) is 0 Å². The molecule has 2 heterocycles. The molecule has 0 fully saturated rings. The minimum absolute atomic E-state index is 0.381. The van der Waals surface area contributed by atoms with Gasteiger partial charge >= 0.3 is 0 Å². The summed E-state index contributed by atoms with van der Waals surface area (Å²) in [6, 6.07) is 4.41. The molecule has 2 rings (SSSR count). The minimum atomic E-state index is 0.381. The Morgan fingerprint density at radius 2 is 2.40 bits per heavy atom. The number of likely N-dealkylation sites (N-methyl/N-ethyl adjacent to an activating group) is 1. The van der Waals surface area contributed by atoms with E-state index >= 15 is 0 Å². The summed E-state index contributed by atoms with van der Waals surface area (Å²) in [6.45, 7) is 2.11. The maximum Gasteiger partial charge on any atom is 0.137 e. The second kappa shape index (κ2) is 4.28. The Labute approximate surface area is 89.2 Å². The standard InChI is InChI=1S/C12H15N3/c1-9(13-2)5-6-10-8-15-12-11(10)4-3-7-14-12/h3-9,13H,1-2H3,(H,14,15)/b6-5+. The van der Waals surface area contributed by atoms with E-state index in [4.69, 9.17) is 0 Å². The zero-order valence-electron chi connectivity index (χ0n) is 8.99. The summed E-state index contributed by atoms with van der Waals surface area (Å²) in [5.74, 6) is 0. The second-order valence-electron chi connectivity index (χ2n) is 3.58. The van der Waals surface area contributed by atoms with E-state index in [0.29, 0.717) is 6.04 Å². The lowest BCUT2D eigenvalue weighted by atomic mass is 10.2. The molecular formula is C12H15N3. The fraction of sp³-hybridized carbons (Fsp3) is 0.250. The van der Waals surface area contributed by atoms with Crippen molar-refractivity contribution in [3.8, 4) is 0 Å². The minimum Gasteiger partial charge on any atom is -0.346 e. The predicted molar refractivity (Wildman–Crippen MR) is 63.6 cm³/mol. The molecule has 0 saturated carbocycles. The number of nitrogens with one attached hydrogen (secondary N) is 2.